The number of rotatable bonds is 11. The van der Waals surface area contributed by atoms with Gasteiger partial charge in [-0.25, -0.2) is 0 Å². The fourth-order valence-electron chi connectivity index (χ4n) is 5.88. The first-order valence-electron chi connectivity index (χ1n) is 14.3. The summed E-state index contributed by atoms with van der Waals surface area (Å²) in [6.45, 7) is 13.8. The lowest BCUT2D eigenvalue weighted by atomic mass is 9.94. The van der Waals surface area contributed by atoms with Gasteiger partial charge in [-0.3, -0.25) is 19.1 Å². The Morgan fingerprint density at radius 2 is 1.68 bits per heavy atom. The number of hydrogen-bond donors (Lipinski definition) is 2. The molecule has 2 N–H and O–H groups in total. The van der Waals surface area contributed by atoms with Crippen LogP contribution < -0.4 is 10.6 Å². The Kier molecular flexibility index (Phi) is 9.23. The lowest BCUT2D eigenvalue weighted by Crippen LogP contribution is -2.65. The molecule has 1 aromatic rings. The zero-order valence-electron chi connectivity index (χ0n) is 22.9. The first-order valence-corrected chi connectivity index (χ1v) is 14.3. The Morgan fingerprint density at radius 3 is 2.32 bits per heavy atom. The number of fused-ring (bicyclic) bond motifs is 1. The van der Waals surface area contributed by atoms with Crippen molar-refractivity contribution in [2.24, 2.45) is 0 Å². The number of nitrogens with zero attached hydrogens (tertiary/aromatic N) is 5. The Balaban J connectivity index is 1.33. The average molecular weight is 516 g/mol. The van der Waals surface area contributed by atoms with Gasteiger partial charge in [0.1, 0.15) is 11.2 Å². The molecule has 1 aliphatic carbocycles. The van der Waals surface area contributed by atoms with Crippen molar-refractivity contribution < 1.29 is 14.4 Å². The Hall–Kier alpha value is -2.46. The van der Waals surface area contributed by atoms with Crippen LogP contribution in [0.3, 0.4) is 0 Å². The normalized spacial score (nSPS) is 23.3. The van der Waals surface area contributed by atoms with E-state index in [9.17, 15) is 14.4 Å². The van der Waals surface area contributed by atoms with Crippen molar-refractivity contribution in [3.05, 3.63) is 17.5 Å². The van der Waals surface area contributed by atoms with Gasteiger partial charge in [-0.1, -0.05) is 26.7 Å². The molecule has 206 valence electrons. The number of hydrogen-bond acceptors (Lipinski definition) is 6. The first kappa shape index (κ1) is 27.6. The highest BCUT2D eigenvalue weighted by Crippen LogP contribution is 2.29. The van der Waals surface area contributed by atoms with Crippen LogP contribution in [0, 0.1) is 0 Å². The SMILES string of the molecule is CCCN1CCN(CCCNC(=O)c2cc3n(n2)C[C@@](C)(C(=O)NC2CCCC2)N(CCC)C3=O)CC1. The van der Waals surface area contributed by atoms with Crippen LogP contribution in [0.4, 0.5) is 0 Å². The third-order valence-electron chi connectivity index (χ3n) is 8.10. The molecular weight excluding hydrogens is 470 g/mol. The van der Waals surface area contributed by atoms with Crippen molar-refractivity contribution in [2.45, 2.75) is 83.8 Å². The van der Waals surface area contributed by atoms with Crippen LogP contribution >= 0.6 is 0 Å². The fourth-order valence-corrected chi connectivity index (χ4v) is 5.88. The second-order valence-corrected chi connectivity index (χ2v) is 11.1. The molecule has 1 atom stereocenters. The van der Waals surface area contributed by atoms with Gasteiger partial charge >= 0.3 is 0 Å². The van der Waals surface area contributed by atoms with Gasteiger partial charge in [0.05, 0.1) is 6.54 Å². The second kappa shape index (κ2) is 12.4. The Bertz CT molecular complexity index is 950. The summed E-state index contributed by atoms with van der Waals surface area (Å²) in [5, 5.41) is 10.6. The van der Waals surface area contributed by atoms with E-state index >= 15 is 0 Å². The van der Waals surface area contributed by atoms with Crippen LogP contribution in [0.25, 0.3) is 0 Å². The molecule has 0 spiro atoms. The van der Waals surface area contributed by atoms with E-state index in [4.69, 9.17) is 0 Å². The first-order chi connectivity index (χ1) is 17.9. The highest BCUT2D eigenvalue weighted by molar-refractivity contribution is 6.01. The molecule has 0 bridgehead atoms. The standard InChI is InChI=1S/C27H45N7O3/c1-4-12-31-15-17-32(18-16-31)14-8-11-28-24(35)22-19-23-25(36)33(13-5-2)27(3,20-34(23)30-22)26(37)29-21-9-6-7-10-21/h19,21H,4-18,20H2,1-3H3,(H,28,35)(H,29,37)/t27-/m0/s1. The topological polar surface area (TPSA) is 103 Å². The molecule has 4 rings (SSSR count). The van der Waals surface area contributed by atoms with Gasteiger partial charge in [0, 0.05) is 51.4 Å². The highest BCUT2D eigenvalue weighted by Gasteiger charge is 2.48. The quantitative estimate of drug-likeness (QED) is 0.435. The molecule has 3 amide bonds. The molecule has 2 aliphatic heterocycles. The molecule has 1 saturated carbocycles. The third-order valence-corrected chi connectivity index (χ3v) is 8.10. The van der Waals surface area contributed by atoms with Crippen LogP contribution in [0.5, 0.6) is 0 Å². The molecule has 37 heavy (non-hydrogen) atoms. The lowest BCUT2D eigenvalue weighted by Gasteiger charge is -2.43. The van der Waals surface area contributed by atoms with Crippen LogP contribution in [-0.2, 0) is 11.3 Å². The summed E-state index contributed by atoms with van der Waals surface area (Å²) >= 11 is 0. The molecule has 2 fully saturated rings. The summed E-state index contributed by atoms with van der Waals surface area (Å²) < 4.78 is 1.55. The molecule has 0 radical (unpaired) electrons. The summed E-state index contributed by atoms with van der Waals surface area (Å²) in [7, 11) is 0. The molecule has 10 nitrogen and oxygen atoms in total. The summed E-state index contributed by atoms with van der Waals surface area (Å²) in [6.07, 6.45) is 7.01. The van der Waals surface area contributed by atoms with Gasteiger partial charge in [0.2, 0.25) is 5.91 Å². The van der Waals surface area contributed by atoms with Gasteiger partial charge in [0.15, 0.2) is 5.69 Å². The van der Waals surface area contributed by atoms with Crippen molar-refractivity contribution >= 4 is 17.7 Å². The monoisotopic (exact) mass is 515 g/mol. The summed E-state index contributed by atoms with van der Waals surface area (Å²) in [5.74, 6) is -0.656. The maximum absolute atomic E-state index is 13.4. The number of amides is 3. The van der Waals surface area contributed by atoms with Crippen LogP contribution in [0.1, 0.15) is 86.7 Å². The average Bonchev–Trinajstić information content (AvgIpc) is 3.55. The number of nitrogens with one attached hydrogen (secondary N) is 2. The van der Waals surface area contributed by atoms with Crippen molar-refractivity contribution in [1.82, 2.24) is 35.1 Å². The Morgan fingerprint density at radius 1 is 1.03 bits per heavy atom. The number of carbonyl (C=O) groups excluding carboxylic acids is 3. The number of piperazine rings is 1. The van der Waals surface area contributed by atoms with E-state index in [1.165, 1.54) is 13.0 Å². The minimum Gasteiger partial charge on any atom is -0.351 e. The summed E-state index contributed by atoms with van der Waals surface area (Å²) in [5.41, 5.74) is -0.438. The van der Waals surface area contributed by atoms with Crippen molar-refractivity contribution in [3.8, 4) is 0 Å². The molecule has 3 heterocycles. The Labute approximate surface area is 221 Å². The minimum atomic E-state index is -1.04. The van der Waals surface area contributed by atoms with Gasteiger partial charge in [0.25, 0.3) is 11.8 Å². The molecule has 3 aliphatic rings. The molecule has 1 saturated heterocycles. The summed E-state index contributed by atoms with van der Waals surface area (Å²) in [4.78, 5) is 46.3. The lowest BCUT2D eigenvalue weighted by molar-refractivity contribution is -0.133. The van der Waals surface area contributed by atoms with Crippen molar-refractivity contribution in [3.63, 3.8) is 0 Å². The van der Waals surface area contributed by atoms with E-state index in [1.807, 2.05) is 13.8 Å². The molecule has 0 aromatic carbocycles. The van der Waals surface area contributed by atoms with E-state index in [1.54, 1.807) is 15.6 Å². The van der Waals surface area contributed by atoms with Crippen LogP contribution in [0.15, 0.2) is 6.07 Å². The van der Waals surface area contributed by atoms with Crippen LogP contribution in [-0.4, -0.2) is 106 Å². The number of carbonyl (C=O) groups is 3. The largest absolute Gasteiger partial charge is 0.351 e. The van der Waals surface area contributed by atoms with Gasteiger partial charge < -0.3 is 25.3 Å². The third kappa shape index (κ3) is 6.34. The van der Waals surface area contributed by atoms with E-state index in [0.29, 0.717) is 18.8 Å². The van der Waals surface area contributed by atoms with Gasteiger partial charge in [-0.15, -0.1) is 0 Å². The van der Waals surface area contributed by atoms with E-state index < -0.39 is 5.54 Å². The minimum absolute atomic E-state index is 0.135. The molecule has 0 unspecified atom stereocenters. The molecule has 10 heteroatoms. The van der Waals surface area contributed by atoms with E-state index in [2.05, 4.69) is 32.5 Å². The fraction of sp³-hybridized carbons (Fsp3) is 0.778. The van der Waals surface area contributed by atoms with Gasteiger partial charge in [-0.2, -0.15) is 5.10 Å². The van der Waals surface area contributed by atoms with Crippen molar-refractivity contribution in [2.75, 3.05) is 52.4 Å². The second-order valence-electron chi connectivity index (χ2n) is 11.1. The predicted molar refractivity (Wildman–Crippen MR) is 142 cm³/mol. The maximum atomic E-state index is 13.4. The van der Waals surface area contributed by atoms with E-state index in [-0.39, 0.29) is 36.0 Å². The number of aromatic nitrogens is 2. The van der Waals surface area contributed by atoms with Crippen molar-refractivity contribution in [1.29, 1.82) is 0 Å². The maximum Gasteiger partial charge on any atom is 0.273 e. The molecule has 1 aromatic heterocycles. The van der Waals surface area contributed by atoms with Gasteiger partial charge in [-0.05, 0) is 52.1 Å². The smallest absolute Gasteiger partial charge is 0.273 e. The molecular formula is C27H45N7O3. The van der Waals surface area contributed by atoms with E-state index in [0.717, 1.165) is 71.2 Å². The predicted octanol–water partition coefficient (Wildman–Crippen LogP) is 1.71. The van der Waals surface area contributed by atoms with Crippen LogP contribution in [0.2, 0.25) is 0 Å². The highest BCUT2D eigenvalue weighted by atomic mass is 16.2. The summed E-state index contributed by atoms with van der Waals surface area (Å²) in [6, 6.07) is 1.74. The zero-order chi connectivity index (χ0) is 26.4. The zero-order valence-corrected chi connectivity index (χ0v) is 22.9.